The Kier molecular flexibility index (Phi) is 4.31. The molecule has 0 aromatic heterocycles. The van der Waals surface area contributed by atoms with Crippen molar-refractivity contribution in [1.29, 1.82) is 0 Å². The molecule has 0 bridgehead atoms. The largest absolute Gasteiger partial charge is 0.496 e. The maximum atomic E-state index is 12.0. The van der Waals surface area contributed by atoms with E-state index in [0.717, 1.165) is 21.8 Å². The molecule has 2 amide bonds. The molecule has 1 saturated heterocycles. The number of rotatable bonds is 3. The van der Waals surface area contributed by atoms with Crippen molar-refractivity contribution in [3.8, 4) is 5.75 Å². The van der Waals surface area contributed by atoms with Crippen LogP contribution in [-0.4, -0.2) is 29.7 Å². The van der Waals surface area contributed by atoms with Crippen molar-refractivity contribution in [3.05, 3.63) is 33.1 Å². The SMILES string of the molecule is CCN1C(=O)S/C(=C/c2cc(Br)ccc2OC)C1=O. The molecule has 0 unspecified atom stereocenters. The van der Waals surface area contributed by atoms with Gasteiger partial charge in [0.1, 0.15) is 5.75 Å². The number of imide groups is 1. The summed E-state index contributed by atoms with van der Waals surface area (Å²) < 4.78 is 6.12. The molecular weight excluding hydrogens is 330 g/mol. The number of hydrogen-bond acceptors (Lipinski definition) is 4. The van der Waals surface area contributed by atoms with Gasteiger partial charge in [0.05, 0.1) is 12.0 Å². The van der Waals surface area contributed by atoms with Gasteiger partial charge in [0.15, 0.2) is 0 Å². The van der Waals surface area contributed by atoms with Crippen molar-refractivity contribution >= 4 is 44.9 Å². The number of nitrogens with zero attached hydrogens (tertiary/aromatic N) is 1. The Bertz CT molecular complexity index is 571. The zero-order chi connectivity index (χ0) is 14.0. The normalized spacial score (nSPS) is 17.4. The third-order valence-electron chi connectivity index (χ3n) is 2.67. The number of carbonyl (C=O) groups is 2. The third-order valence-corrected chi connectivity index (χ3v) is 4.07. The molecule has 100 valence electrons. The lowest BCUT2D eigenvalue weighted by Crippen LogP contribution is -2.27. The van der Waals surface area contributed by atoms with E-state index in [1.165, 1.54) is 4.90 Å². The number of halogens is 1. The number of thioether (sulfide) groups is 1. The Morgan fingerprint density at radius 1 is 1.42 bits per heavy atom. The number of hydrogen-bond donors (Lipinski definition) is 0. The van der Waals surface area contributed by atoms with Crippen molar-refractivity contribution in [2.45, 2.75) is 6.92 Å². The van der Waals surface area contributed by atoms with E-state index in [2.05, 4.69) is 15.9 Å². The zero-order valence-electron chi connectivity index (χ0n) is 10.5. The van der Waals surface area contributed by atoms with E-state index >= 15 is 0 Å². The molecule has 1 fully saturated rings. The Labute approximate surface area is 123 Å². The standard InChI is InChI=1S/C13H12BrNO3S/c1-3-15-12(16)11(19-13(15)17)7-8-6-9(14)4-5-10(8)18-2/h4-7H,3H2,1-2H3/b11-7+. The smallest absolute Gasteiger partial charge is 0.293 e. The van der Waals surface area contributed by atoms with Crippen molar-refractivity contribution in [1.82, 2.24) is 4.90 Å². The second-order valence-electron chi connectivity index (χ2n) is 3.81. The topological polar surface area (TPSA) is 46.6 Å². The molecule has 19 heavy (non-hydrogen) atoms. The molecule has 1 aromatic carbocycles. The summed E-state index contributed by atoms with van der Waals surface area (Å²) in [5.74, 6) is 0.408. The molecule has 0 atom stereocenters. The first-order valence-corrected chi connectivity index (χ1v) is 7.26. The molecule has 2 rings (SSSR count). The number of methoxy groups -OCH3 is 1. The molecule has 1 aromatic rings. The highest BCUT2D eigenvalue weighted by molar-refractivity contribution is 9.10. The van der Waals surface area contributed by atoms with E-state index in [-0.39, 0.29) is 11.1 Å². The zero-order valence-corrected chi connectivity index (χ0v) is 12.9. The predicted molar refractivity (Wildman–Crippen MR) is 79.0 cm³/mol. The Morgan fingerprint density at radius 2 is 2.16 bits per heavy atom. The van der Waals surface area contributed by atoms with Gasteiger partial charge in [-0.05, 0) is 43.0 Å². The van der Waals surface area contributed by atoms with E-state index in [0.29, 0.717) is 17.2 Å². The van der Waals surface area contributed by atoms with Crippen LogP contribution in [-0.2, 0) is 4.79 Å². The van der Waals surface area contributed by atoms with Crippen molar-refractivity contribution in [2.75, 3.05) is 13.7 Å². The molecule has 1 heterocycles. The molecule has 4 nitrogen and oxygen atoms in total. The highest BCUT2D eigenvalue weighted by Crippen LogP contribution is 2.34. The van der Waals surface area contributed by atoms with Crippen LogP contribution in [0.15, 0.2) is 27.6 Å². The number of likely N-dealkylation sites (N-methyl/N-ethyl adjacent to an activating group) is 1. The summed E-state index contributed by atoms with van der Waals surface area (Å²) in [4.78, 5) is 25.3. The fourth-order valence-corrected chi connectivity index (χ4v) is 3.00. The van der Waals surface area contributed by atoms with Gasteiger partial charge in [-0.25, -0.2) is 0 Å². The Morgan fingerprint density at radius 3 is 2.74 bits per heavy atom. The third kappa shape index (κ3) is 2.84. The van der Waals surface area contributed by atoms with Crippen LogP contribution >= 0.6 is 27.7 Å². The summed E-state index contributed by atoms with van der Waals surface area (Å²) >= 11 is 4.33. The fraction of sp³-hybridized carbons (Fsp3) is 0.231. The van der Waals surface area contributed by atoms with Gasteiger partial charge < -0.3 is 4.74 Å². The quantitative estimate of drug-likeness (QED) is 0.789. The fourth-order valence-electron chi connectivity index (χ4n) is 1.73. The average Bonchev–Trinajstić information content (AvgIpc) is 2.64. The molecule has 1 aliphatic rings. The van der Waals surface area contributed by atoms with E-state index in [1.807, 2.05) is 12.1 Å². The molecule has 6 heteroatoms. The van der Waals surface area contributed by atoms with Crippen LogP contribution < -0.4 is 4.74 Å². The van der Waals surface area contributed by atoms with Crippen LogP contribution in [0.25, 0.3) is 6.08 Å². The van der Waals surface area contributed by atoms with Crippen molar-refractivity contribution < 1.29 is 14.3 Å². The number of benzene rings is 1. The van der Waals surface area contributed by atoms with Crippen LogP contribution in [0.4, 0.5) is 4.79 Å². The summed E-state index contributed by atoms with van der Waals surface area (Å²) in [6.45, 7) is 2.16. The van der Waals surface area contributed by atoms with Gasteiger partial charge >= 0.3 is 0 Å². The van der Waals surface area contributed by atoms with Gasteiger partial charge in [-0.3, -0.25) is 14.5 Å². The molecule has 0 N–H and O–H groups in total. The highest BCUT2D eigenvalue weighted by atomic mass is 79.9. The molecule has 1 aliphatic heterocycles. The second-order valence-corrected chi connectivity index (χ2v) is 5.72. The maximum absolute atomic E-state index is 12.0. The summed E-state index contributed by atoms with van der Waals surface area (Å²) in [6.07, 6.45) is 1.68. The van der Waals surface area contributed by atoms with Gasteiger partial charge in [-0.15, -0.1) is 0 Å². The average molecular weight is 342 g/mol. The van der Waals surface area contributed by atoms with E-state index in [4.69, 9.17) is 4.74 Å². The molecule has 0 saturated carbocycles. The number of ether oxygens (including phenoxy) is 1. The van der Waals surface area contributed by atoms with Gasteiger partial charge in [-0.1, -0.05) is 15.9 Å². The first kappa shape index (κ1) is 14.1. The van der Waals surface area contributed by atoms with Crippen molar-refractivity contribution in [3.63, 3.8) is 0 Å². The minimum Gasteiger partial charge on any atom is -0.496 e. The van der Waals surface area contributed by atoms with E-state index in [9.17, 15) is 9.59 Å². The van der Waals surface area contributed by atoms with Crippen LogP contribution in [0.2, 0.25) is 0 Å². The van der Waals surface area contributed by atoms with E-state index < -0.39 is 0 Å². The van der Waals surface area contributed by atoms with E-state index in [1.54, 1.807) is 26.2 Å². The maximum Gasteiger partial charge on any atom is 0.293 e. The van der Waals surface area contributed by atoms with Crippen LogP contribution in [0.5, 0.6) is 5.75 Å². The summed E-state index contributed by atoms with van der Waals surface area (Å²) in [6, 6.07) is 5.51. The molecular formula is C13H12BrNO3S. The van der Waals surface area contributed by atoms with Gasteiger partial charge in [0.25, 0.3) is 11.1 Å². The molecule has 0 radical (unpaired) electrons. The second kappa shape index (κ2) is 5.79. The lowest BCUT2D eigenvalue weighted by Gasteiger charge is -2.08. The minimum absolute atomic E-state index is 0.229. The first-order valence-electron chi connectivity index (χ1n) is 5.65. The molecule has 0 spiro atoms. The lowest BCUT2D eigenvalue weighted by atomic mass is 10.2. The first-order chi connectivity index (χ1) is 9.06. The van der Waals surface area contributed by atoms with Gasteiger partial charge in [0.2, 0.25) is 0 Å². The monoisotopic (exact) mass is 341 g/mol. The summed E-state index contributed by atoms with van der Waals surface area (Å²) in [5.41, 5.74) is 0.762. The Balaban J connectivity index is 2.40. The lowest BCUT2D eigenvalue weighted by molar-refractivity contribution is -0.122. The van der Waals surface area contributed by atoms with Crippen LogP contribution in [0, 0.1) is 0 Å². The van der Waals surface area contributed by atoms with Crippen LogP contribution in [0.3, 0.4) is 0 Å². The van der Waals surface area contributed by atoms with Gasteiger partial charge in [0, 0.05) is 16.6 Å². The van der Waals surface area contributed by atoms with Gasteiger partial charge in [-0.2, -0.15) is 0 Å². The Hall–Kier alpha value is -1.27. The van der Waals surface area contributed by atoms with Crippen molar-refractivity contribution in [2.24, 2.45) is 0 Å². The number of carbonyl (C=O) groups excluding carboxylic acids is 2. The van der Waals surface area contributed by atoms with Crippen LogP contribution in [0.1, 0.15) is 12.5 Å². The molecule has 0 aliphatic carbocycles. The number of amides is 2. The summed E-state index contributed by atoms with van der Waals surface area (Å²) in [5, 5.41) is -0.229. The predicted octanol–water partition coefficient (Wildman–Crippen LogP) is 3.51. The minimum atomic E-state index is -0.250. The highest BCUT2D eigenvalue weighted by Gasteiger charge is 2.33. The summed E-state index contributed by atoms with van der Waals surface area (Å²) in [7, 11) is 1.57.